The molecule has 3 aromatic rings. The maximum absolute atomic E-state index is 13.9. The summed E-state index contributed by atoms with van der Waals surface area (Å²) in [7, 11) is 1.71. The Labute approximate surface area is 218 Å². The van der Waals surface area contributed by atoms with Gasteiger partial charge in [-0.05, 0) is 42.8 Å². The van der Waals surface area contributed by atoms with Crippen LogP contribution in [0.25, 0.3) is 11.3 Å². The highest BCUT2D eigenvalue weighted by Crippen LogP contribution is 2.39. The van der Waals surface area contributed by atoms with Crippen LogP contribution in [0.5, 0.6) is 5.75 Å². The molecule has 1 aliphatic heterocycles. The van der Waals surface area contributed by atoms with Crippen LogP contribution < -0.4 is 20.3 Å². The SMILES string of the molecule is CCCCCCCCN(C)c1ccc(Nc2nc(-c3ccc4c(c3)NC(=O)CO4)cs2)cc1C(F)(F)F. The number of nitrogens with one attached hydrogen (secondary N) is 2. The van der Waals surface area contributed by atoms with Gasteiger partial charge < -0.3 is 20.3 Å². The molecule has 0 saturated heterocycles. The normalized spacial score (nSPS) is 13.1. The van der Waals surface area contributed by atoms with Crippen LogP contribution in [0.2, 0.25) is 0 Å². The van der Waals surface area contributed by atoms with Gasteiger partial charge in [-0.25, -0.2) is 4.98 Å². The van der Waals surface area contributed by atoms with Crippen LogP contribution in [-0.4, -0.2) is 31.1 Å². The highest BCUT2D eigenvalue weighted by atomic mass is 32.1. The van der Waals surface area contributed by atoms with Crippen LogP contribution in [-0.2, 0) is 11.0 Å². The van der Waals surface area contributed by atoms with Crippen molar-refractivity contribution < 1.29 is 22.7 Å². The molecule has 0 spiro atoms. The predicted molar refractivity (Wildman–Crippen MR) is 143 cm³/mol. The number of aromatic nitrogens is 1. The Morgan fingerprint density at radius 1 is 1.11 bits per heavy atom. The Hall–Kier alpha value is -3.27. The Balaban J connectivity index is 1.45. The standard InChI is InChI=1S/C27H31F3N4O2S/c1-3-4-5-6-7-8-13-34(2)23-11-10-19(15-20(23)27(28,29)30)31-26-33-22(17-37-26)18-9-12-24-21(14-18)32-25(35)16-36-24/h9-12,14-15,17H,3-8,13,16H2,1-2H3,(H,31,33)(H,32,35). The van der Waals surface area contributed by atoms with Crippen LogP contribution in [0.3, 0.4) is 0 Å². The van der Waals surface area contributed by atoms with E-state index in [0.717, 1.165) is 30.9 Å². The molecule has 1 amide bonds. The zero-order valence-electron chi connectivity index (χ0n) is 21.0. The summed E-state index contributed by atoms with van der Waals surface area (Å²) in [5.41, 5.74) is 1.78. The smallest absolute Gasteiger partial charge is 0.418 e. The van der Waals surface area contributed by atoms with Crippen molar-refractivity contribution in [3.05, 3.63) is 47.3 Å². The molecule has 0 fully saturated rings. The number of rotatable bonds is 11. The van der Waals surface area contributed by atoms with Crippen LogP contribution in [0.15, 0.2) is 41.8 Å². The first kappa shape index (κ1) is 26.8. The first-order valence-corrected chi connectivity index (χ1v) is 13.3. The Kier molecular flexibility index (Phi) is 8.58. The van der Waals surface area contributed by atoms with Gasteiger partial charge >= 0.3 is 6.18 Å². The lowest BCUT2D eigenvalue weighted by atomic mass is 10.1. The number of halogens is 3. The van der Waals surface area contributed by atoms with Gasteiger partial charge in [-0.3, -0.25) is 4.79 Å². The molecule has 1 aromatic heterocycles. The minimum absolute atomic E-state index is 0.0232. The lowest BCUT2D eigenvalue weighted by Gasteiger charge is -2.24. The number of alkyl halides is 3. The first-order chi connectivity index (χ1) is 17.7. The lowest BCUT2D eigenvalue weighted by Crippen LogP contribution is -2.25. The minimum Gasteiger partial charge on any atom is -0.482 e. The number of hydrogen-bond donors (Lipinski definition) is 2. The Morgan fingerprint density at radius 3 is 2.68 bits per heavy atom. The Bertz CT molecular complexity index is 1230. The molecule has 0 bridgehead atoms. The van der Waals surface area contributed by atoms with Gasteiger partial charge in [0.1, 0.15) is 5.75 Å². The van der Waals surface area contributed by atoms with Crippen molar-refractivity contribution in [1.29, 1.82) is 0 Å². The van der Waals surface area contributed by atoms with Gasteiger partial charge in [0.05, 0.1) is 16.9 Å². The molecule has 198 valence electrons. The molecule has 4 rings (SSSR count). The third-order valence-electron chi connectivity index (χ3n) is 6.22. The molecule has 0 radical (unpaired) electrons. The van der Waals surface area contributed by atoms with Crippen molar-refractivity contribution in [2.75, 3.05) is 35.7 Å². The van der Waals surface area contributed by atoms with Crippen LogP contribution in [0, 0.1) is 0 Å². The number of fused-ring (bicyclic) bond motifs is 1. The van der Waals surface area contributed by atoms with Gasteiger partial charge in [0.15, 0.2) is 11.7 Å². The van der Waals surface area contributed by atoms with Crippen molar-refractivity contribution in [3.63, 3.8) is 0 Å². The van der Waals surface area contributed by atoms with E-state index in [0.29, 0.717) is 34.5 Å². The first-order valence-electron chi connectivity index (χ1n) is 12.5. The fourth-order valence-electron chi connectivity index (χ4n) is 4.25. The zero-order chi connectivity index (χ0) is 26.4. The number of benzene rings is 2. The van der Waals surface area contributed by atoms with Crippen molar-refractivity contribution in [2.45, 2.75) is 51.6 Å². The second kappa shape index (κ2) is 11.9. The maximum atomic E-state index is 13.9. The van der Waals surface area contributed by atoms with Crippen LogP contribution in [0.1, 0.15) is 51.0 Å². The van der Waals surface area contributed by atoms with E-state index in [9.17, 15) is 18.0 Å². The van der Waals surface area contributed by atoms with Gasteiger partial charge in [0, 0.05) is 35.9 Å². The third-order valence-corrected chi connectivity index (χ3v) is 6.98. The van der Waals surface area contributed by atoms with E-state index in [4.69, 9.17) is 4.74 Å². The molecule has 1 aliphatic rings. The highest BCUT2D eigenvalue weighted by Gasteiger charge is 2.35. The van der Waals surface area contributed by atoms with Crippen molar-refractivity contribution >= 4 is 39.4 Å². The third kappa shape index (κ3) is 6.94. The van der Waals surface area contributed by atoms with Crippen LogP contribution >= 0.6 is 11.3 Å². The number of thiazole rings is 1. The summed E-state index contributed by atoms with van der Waals surface area (Å²) < 4.78 is 47.2. The van der Waals surface area contributed by atoms with Gasteiger partial charge in [0.25, 0.3) is 5.91 Å². The monoisotopic (exact) mass is 532 g/mol. The fraction of sp³-hybridized carbons (Fsp3) is 0.407. The summed E-state index contributed by atoms with van der Waals surface area (Å²) in [5.74, 6) is 0.352. The molecule has 0 atom stereocenters. The summed E-state index contributed by atoms with van der Waals surface area (Å²) in [6.07, 6.45) is 2.04. The summed E-state index contributed by atoms with van der Waals surface area (Å²) in [5, 5.41) is 8.04. The van der Waals surface area contributed by atoms with E-state index in [2.05, 4.69) is 22.5 Å². The average molecular weight is 533 g/mol. The number of carbonyl (C=O) groups excluding carboxylic acids is 1. The van der Waals surface area contributed by atoms with Gasteiger partial charge in [0.2, 0.25) is 0 Å². The molecule has 2 N–H and O–H groups in total. The lowest BCUT2D eigenvalue weighted by molar-refractivity contribution is -0.137. The van der Waals surface area contributed by atoms with Gasteiger partial charge in [-0.1, -0.05) is 39.0 Å². The average Bonchev–Trinajstić information content (AvgIpc) is 3.33. The summed E-state index contributed by atoms with van der Waals surface area (Å²) >= 11 is 1.29. The largest absolute Gasteiger partial charge is 0.482 e. The van der Waals surface area contributed by atoms with Gasteiger partial charge in [-0.2, -0.15) is 13.2 Å². The van der Waals surface area contributed by atoms with Gasteiger partial charge in [-0.15, -0.1) is 11.3 Å². The molecule has 6 nitrogen and oxygen atoms in total. The van der Waals surface area contributed by atoms with E-state index in [-0.39, 0.29) is 18.2 Å². The van der Waals surface area contributed by atoms with E-state index in [1.54, 1.807) is 30.1 Å². The predicted octanol–water partition coefficient (Wildman–Crippen LogP) is 7.70. The topological polar surface area (TPSA) is 66.5 Å². The number of nitrogens with zero attached hydrogens (tertiary/aromatic N) is 2. The number of unbranched alkanes of at least 4 members (excludes halogenated alkanes) is 5. The minimum atomic E-state index is -4.48. The number of hydrogen-bond acceptors (Lipinski definition) is 6. The number of anilines is 4. The maximum Gasteiger partial charge on any atom is 0.418 e. The molecule has 37 heavy (non-hydrogen) atoms. The number of ether oxygens (including phenoxy) is 1. The second-order valence-electron chi connectivity index (χ2n) is 9.13. The van der Waals surface area contributed by atoms with E-state index in [1.807, 2.05) is 11.4 Å². The molecular weight excluding hydrogens is 501 g/mol. The molecule has 2 heterocycles. The number of amides is 1. The van der Waals surface area contributed by atoms with Crippen molar-refractivity contribution in [3.8, 4) is 17.0 Å². The molecule has 2 aromatic carbocycles. The van der Waals surface area contributed by atoms with Crippen LogP contribution in [0.4, 0.5) is 35.4 Å². The highest BCUT2D eigenvalue weighted by molar-refractivity contribution is 7.14. The molecule has 0 saturated carbocycles. The molecule has 0 aliphatic carbocycles. The fourth-order valence-corrected chi connectivity index (χ4v) is 4.99. The zero-order valence-corrected chi connectivity index (χ0v) is 21.8. The summed E-state index contributed by atoms with van der Waals surface area (Å²) in [6.45, 7) is 2.71. The van der Waals surface area contributed by atoms with E-state index >= 15 is 0 Å². The second-order valence-corrected chi connectivity index (χ2v) is 9.99. The van der Waals surface area contributed by atoms with E-state index in [1.165, 1.54) is 36.7 Å². The molecular formula is C27H31F3N4O2S. The quantitative estimate of drug-likeness (QED) is 0.248. The Morgan fingerprint density at radius 2 is 1.89 bits per heavy atom. The summed E-state index contributed by atoms with van der Waals surface area (Å²) in [6, 6.07) is 9.65. The molecule has 0 unspecified atom stereocenters. The molecule has 10 heteroatoms. The summed E-state index contributed by atoms with van der Waals surface area (Å²) in [4.78, 5) is 17.8. The van der Waals surface area contributed by atoms with Crippen molar-refractivity contribution in [2.24, 2.45) is 0 Å². The number of carbonyl (C=O) groups is 1. The van der Waals surface area contributed by atoms with E-state index < -0.39 is 11.7 Å². The van der Waals surface area contributed by atoms with Crippen molar-refractivity contribution in [1.82, 2.24) is 4.98 Å².